The van der Waals surface area contributed by atoms with E-state index in [1.165, 1.54) is 5.56 Å². The predicted octanol–water partition coefficient (Wildman–Crippen LogP) is 1.77. The number of carbonyl (C=O) groups is 2. The van der Waals surface area contributed by atoms with E-state index in [1.807, 2.05) is 11.8 Å². The van der Waals surface area contributed by atoms with E-state index >= 15 is 0 Å². The number of rotatable bonds is 6. The molecule has 2 atom stereocenters. The molecular formula is C18H27N3O2. The van der Waals surface area contributed by atoms with Gasteiger partial charge < -0.3 is 11.1 Å². The van der Waals surface area contributed by atoms with Crippen LogP contribution in [0.2, 0.25) is 0 Å². The van der Waals surface area contributed by atoms with Gasteiger partial charge in [-0.05, 0) is 43.9 Å². The first-order valence-electron chi connectivity index (χ1n) is 8.42. The third-order valence-electron chi connectivity index (χ3n) is 4.55. The normalized spacial score (nSPS) is 20.0. The van der Waals surface area contributed by atoms with Gasteiger partial charge >= 0.3 is 0 Å². The summed E-state index contributed by atoms with van der Waals surface area (Å²) in [5, 5.41) is 3.01. The fourth-order valence-electron chi connectivity index (χ4n) is 3.10. The highest BCUT2D eigenvalue weighted by molar-refractivity contribution is 5.82. The van der Waals surface area contributed by atoms with E-state index in [0.29, 0.717) is 0 Å². The average molecular weight is 317 g/mol. The van der Waals surface area contributed by atoms with Crippen LogP contribution < -0.4 is 11.1 Å². The molecule has 1 aromatic rings. The zero-order valence-electron chi connectivity index (χ0n) is 14.0. The predicted molar refractivity (Wildman–Crippen MR) is 90.8 cm³/mol. The smallest absolute Gasteiger partial charge is 0.234 e. The van der Waals surface area contributed by atoms with Crippen LogP contribution in [0, 0.1) is 0 Å². The zero-order valence-corrected chi connectivity index (χ0v) is 14.0. The van der Waals surface area contributed by atoms with Gasteiger partial charge in [0.25, 0.3) is 0 Å². The molecule has 1 aliphatic rings. The SMILES string of the molecule is CCc1ccc([C@@H](C)NC(=O)CN2CCCC[C@H]2C(N)=O)cc1. The van der Waals surface area contributed by atoms with E-state index in [1.54, 1.807) is 0 Å². The molecule has 126 valence electrons. The number of hydrogen-bond acceptors (Lipinski definition) is 3. The number of nitrogens with zero attached hydrogens (tertiary/aromatic N) is 1. The summed E-state index contributed by atoms with van der Waals surface area (Å²) >= 11 is 0. The van der Waals surface area contributed by atoms with Crippen LogP contribution in [-0.4, -0.2) is 35.8 Å². The van der Waals surface area contributed by atoms with E-state index in [4.69, 9.17) is 5.73 Å². The van der Waals surface area contributed by atoms with Crippen molar-refractivity contribution in [2.24, 2.45) is 5.73 Å². The molecule has 0 aromatic heterocycles. The number of benzene rings is 1. The van der Waals surface area contributed by atoms with E-state index in [9.17, 15) is 9.59 Å². The van der Waals surface area contributed by atoms with Gasteiger partial charge in [0.1, 0.15) is 0 Å². The number of likely N-dealkylation sites (tertiary alicyclic amines) is 1. The first-order valence-corrected chi connectivity index (χ1v) is 8.42. The van der Waals surface area contributed by atoms with Crippen LogP contribution >= 0.6 is 0 Å². The molecule has 5 heteroatoms. The maximum absolute atomic E-state index is 12.3. The number of carbonyl (C=O) groups excluding carboxylic acids is 2. The molecule has 1 aromatic carbocycles. The second-order valence-electron chi connectivity index (χ2n) is 6.27. The van der Waals surface area contributed by atoms with Crippen molar-refractivity contribution in [1.29, 1.82) is 0 Å². The molecular weight excluding hydrogens is 290 g/mol. The Morgan fingerprint density at radius 3 is 2.61 bits per heavy atom. The minimum atomic E-state index is -0.333. The van der Waals surface area contributed by atoms with Crippen molar-refractivity contribution in [2.75, 3.05) is 13.1 Å². The molecule has 0 aliphatic carbocycles. The van der Waals surface area contributed by atoms with Crippen LogP contribution in [0.25, 0.3) is 0 Å². The molecule has 1 aliphatic heterocycles. The van der Waals surface area contributed by atoms with Gasteiger partial charge in [-0.1, -0.05) is 37.6 Å². The van der Waals surface area contributed by atoms with Crippen molar-refractivity contribution in [3.8, 4) is 0 Å². The lowest BCUT2D eigenvalue weighted by Crippen LogP contribution is -2.51. The molecule has 1 fully saturated rings. The van der Waals surface area contributed by atoms with Crippen molar-refractivity contribution in [3.05, 3.63) is 35.4 Å². The molecule has 0 radical (unpaired) electrons. The van der Waals surface area contributed by atoms with Gasteiger partial charge in [-0.3, -0.25) is 14.5 Å². The van der Waals surface area contributed by atoms with E-state index < -0.39 is 0 Å². The first kappa shape index (κ1) is 17.5. The van der Waals surface area contributed by atoms with E-state index in [2.05, 4.69) is 36.5 Å². The number of primary amides is 1. The summed E-state index contributed by atoms with van der Waals surface area (Å²) in [6.45, 7) is 5.07. The van der Waals surface area contributed by atoms with E-state index in [-0.39, 0.29) is 30.4 Å². The van der Waals surface area contributed by atoms with Gasteiger partial charge in [-0.25, -0.2) is 0 Å². The van der Waals surface area contributed by atoms with Crippen LogP contribution in [0.5, 0.6) is 0 Å². The highest BCUT2D eigenvalue weighted by Crippen LogP contribution is 2.17. The Bertz CT molecular complexity index is 542. The van der Waals surface area contributed by atoms with Crippen LogP contribution in [-0.2, 0) is 16.0 Å². The van der Waals surface area contributed by atoms with Gasteiger partial charge in [0, 0.05) is 0 Å². The van der Waals surface area contributed by atoms with Gasteiger partial charge in [0.15, 0.2) is 0 Å². The van der Waals surface area contributed by atoms with Crippen LogP contribution in [0.15, 0.2) is 24.3 Å². The van der Waals surface area contributed by atoms with Crippen LogP contribution in [0.1, 0.15) is 50.3 Å². The lowest BCUT2D eigenvalue weighted by Gasteiger charge is -2.33. The van der Waals surface area contributed by atoms with Crippen LogP contribution in [0.3, 0.4) is 0 Å². The lowest BCUT2D eigenvalue weighted by molar-refractivity contribution is -0.128. The molecule has 2 rings (SSSR count). The van der Waals surface area contributed by atoms with Crippen molar-refractivity contribution >= 4 is 11.8 Å². The molecule has 0 unspecified atom stereocenters. The molecule has 1 heterocycles. The van der Waals surface area contributed by atoms with E-state index in [0.717, 1.165) is 37.8 Å². The van der Waals surface area contributed by atoms with Crippen molar-refractivity contribution < 1.29 is 9.59 Å². The largest absolute Gasteiger partial charge is 0.368 e. The summed E-state index contributed by atoms with van der Waals surface area (Å²) in [7, 11) is 0. The fourth-order valence-corrected chi connectivity index (χ4v) is 3.10. The average Bonchev–Trinajstić information content (AvgIpc) is 2.55. The third-order valence-corrected chi connectivity index (χ3v) is 4.55. The summed E-state index contributed by atoms with van der Waals surface area (Å²) in [6, 6.07) is 7.92. The van der Waals surface area contributed by atoms with Gasteiger partial charge in [-0.2, -0.15) is 0 Å². The number of amides is 2. The van der Waals surface area contributed by atoms with Crippen molar-refractivity contribution in [2.45, 2.75) is 51.6 Å². The quantitative estimate of drug-likeness (QED) is 0.839. The molecule has 1 saturated heterocycles. The number of piperidine rings is 1. The fraction of sp³-hybridized carbons (Fsp3) is 0.556. The Kier molecular flexibility index (Phi) is 6.16. The van der Waals surface area contributed by atoms with Gasteiger partial charge in [0.05, 0.1) is 18.6 Å². The number of nitrogens with two attached hydrogens (primary N) is 1. The first-order chi connectivity index (χ1) is 11.0. The molecule has 0 spiro atoms. The Balaban J connectivity index is 1.91. The monoisotopic (exact) mass is 317 g/mol. The highest BCUT2D eigenvalue weighted by Gasteiger charge is 2.28. The zero-order chi connectivity index (χ0) is 16.8. The molecule has 2 amide bonds. The maximum Gasteiger partial charge on any atom is 0.234 e. The molecule has 0 bridgehead atoms. The highest BCUT2D eigenvalue weighted by atomic mass is 16.2. The number of nitrogens with one attached hydrogen (secondary N) is 1. The Morgan fingerprint density at radius 2 is 2.00 bits per heavy atom. The molecule has 3 N–H and O–H groups in total. The van der Waals surface area contributed by atoms with Gasteiger partial charge in [0.2, 0.25) is 11.8 Å². The standard InChI is InChI=1S/C18H27N3O2/c1-3-14-7-9-15(10-8-14)13(2)20-17(22)12-21-11-5-4-6-16(21)18(19)23/h7-10,13,16H,3-6,11-12H2,1-2H3,(H2,19,23)(H,20,22)/t13-,16+/m1/s1. The lowest BCUT2D eigenvalue weighted by atomic mass is 10.0. The molecule has 0 saturated carbocycles. The second-order valence-corrected chi connectivity index (χ2v) is 6.27. The topological polar surface area (TPSA) is 75.4 Å². The molecule has 23 heavy (non-hydrogen) atoms. The van der Waals surface area contributed by atoms with Crippen LogP contribution in [0.4, 0.5) is 0 Å². The Labute approximate surface area is 138 Å². The minimum Gasteiger partial charge on any atom is -0.368 e. The summed E-state index contributed by atoms with van der Waals surface area (Å²) in [5.41, 5.74) is 7.81. The summed E-state index contributed by atoms with van der Waals surface area (Å²) in [6.07, 6.45) is 3.75. The summed E-state index contributed by atoms with van der Waals surface area (Å²) in [4.78, 5) is 25.7. The number of hydrogen-bond donors (Lipinski definition) is 2. The summed E-state index contributed by atoms with van der Waals surface area (Å²) in [5.74, 6) is -0.397. The third kappa shape index (κ3) is 4.79. The molecule has 5 nitrogen and oxygen atoms in total. The Hall–Kier alpha value is -1.88. The van der Waals surface area contributed by atoms with Crippen molar-refractivity contribution in [3.63, 3.8) is 0 Å². The maximum atomic E-state index is 12.3. The Morgan fingerprint density at radius 1 is 1.30 bits per heavy atom. The minimum absolute atomic E-state index is 0.0507. The number of aryl methyl sites for hydroxylation is 1. The second kappa shape index (κ2) is 8.11. The summed E-state index contributed by atoms with van der Waals surface area (Å²) < 4.78 is 0. The van der Waals surface area contributed by atoms with Gasteiger partial charge in [-0.15, -0.1) is 0 Å². The van der Waals surface area contributed by atoms with Crippen molar-refractivity contribution in [1.82, 2.24) is 10.2 Å².